The maximum atomic E-state index is 12.8. The van der Waals surface area contributed by atoms with Crippen LogP contribution in [0.15, 0.2) is 22.8 Å². The van der Waals surface area contributed by atoms with Gasteiger partial charge in [-0.1, -0.05) is 6.92 Å². The molecule has 0 aliphatic carbocycles. The minimum atomic E-state index is -0.281. The molecule has 3 rings (SSSR count). The summed E-state index contributed by atoms with van der Waals surface area (Å²) in [5, 5.41) is 9.59. The summed E-state index contributed by atoms with van der Waals surface area (Å²) in [6.07, 6.45) is 3.61. The highest BCUT2D eigenvalue weighted by molar-refractivity contribution is 9.10. The third kappa shape index (κ3) is 2.70. The summed E-state index contributed by atoms with van der Waals surface area (Å²) in [6.45, 7) is 3.21. The molecule has 0 saturated carbocycles. The summed E-state index contributed by atoms with van der Waals surface area (Å²) >= 11 is 3.44. The summed E-state index contributed by atoms with van der Waals surface area (Å²) in [7, 11) is 0. The molecular formula is C15H18BrN3O2. The number of likely N-dealkylation sites (tertiary alicyclic amines) is 1. The topological polar surface area (TPSA) is 57.8 Å². The average Bonchev–Trinajstić information content (AvgIpc) is 2.85. The summed E-state index contributed by atoms with van der Waals surface area (Å²) < 4.78 is 2.77. The van der Waals surface area contributed by atoms with Crippen LogP contribution in [0.3, 0.4) is 0 Å². The Hall–Kier alpha value is -1.40. The van der Waals surface area contributed by atoms with Crippen molar-refractivity contribution in [1.82, 2.24) is 14.3 Å². The van der Waals surface area contributed by atoms with Crippen LogP contribution in [0.25, 0.3) is 5.65 Å². The Bertz CT molecular complexity index is 675. The van der Waals surface area contributed by atoms with E-state index in [1.54, 1.807) is 0 Å². The number of aromatic nitrogens is 2. The van der Waals surface area contributed by atoms with Crippen molar-refractivity contribution in [3.63, 3.8) is 0 Å². The number of aliphatic hydroxyl groups excluding tert-OH is 1. The van der Waals surface area contributed by atoms with E-state index in [0.29, 0.717) is 31.6 Å². The highest BCUT2D eigenvalue weighted by atomic mass is 79.9. The predicted molar refractivity (Wildman–Crippen MR) is 83.4 cm³/mol. The fourth-order valence-electron chi connectivity index (χ4n) is 2.76. The van der Waals surface area contributed by atoms with Crippen molar-refractivity contribution in [2.24, 2.45) is 0 Å². The zero-order valence-corrected chi connectivity index (χ0v) is 13.5. The number of hydrogen-bond acceptors (Lipinski definition) is 3. The van der Waals surface area contributed by atoms with Crippen molar-refractivity contribution < 1.29 is 9.90 Å². The second-order valence-corrected chi connectivity index (χ2v) is 6.28. The number of halogens is 1. The number of piperidine rings is 1. The molecule has 112 valence electrons. The first-order chi connectivity index (χ1) is 10.1. The summed E-state index contributed by atoms with van der Waals surface area (Å²) in [5.41, 5.74) is 2.25. The minimum Gasteiger partial charge on any atom is -0.393 e. The van der Waals surface area contributed by atoms with Crippen LogP contribution in [0.2, 0.25) is 0 Å². The number of carbonyl (C=O) groups is 1. The molecule has 1 saturated heterocycles. The van der Waals surface area contributed by atoms with E-state index in [-0.39, 0.29) is 12.0 Å². The van der Waals surface area contributed by atoms with Gasteiger partial charge >= 0.3 is 0 Å². The molecule has 0 bridgehead atoms. The molecule has 0 spiro atoms. The maximum Gasteiger partial charge on any atom is 0.272 e. The number of aliphatic hydroxyl groups is 1. The lowest BCUT2D eigenvalue weighted by atomic mass is 10.1. The van der Waals surface area contributed by atoms with E-state index in [9.17, 15) is 9.90 Å². The van der Waals surface area contributed by atoms with Gasteiger partial charge in [0.1, 0.15) is 11.3 Å². The Morgan fingerprint density at radius 2 is 2.14 bits per heavy atom. The fourth-order valence-corrected chi connectivity index (χ4v) is 3.10. The second kappa shape index (κ2) is 5.77. The maximum absolute atomic E-state index is 12.8. The standard InChI is InChI=1S/C15H18BrN3O2/c1-2-12-14(15(21)18-7-5-11(20)6-8-18)19-9-10(16)3-4-13(19)17-12/h3-4,9,11,20H,2,5-8H2,1H3. The van der Waals surface area contributed by atoms with E-state index >= 15 is 0 Å². The number of pyridine rings is 1. The van der Waals surface area contributed by atoms with Gasteiger partial charge in [-0.05, 0) is 47.3 Å². The first-order valence-corrected chi connectivity index (χ1v) is 8.03. The van der Waals surface area contributed by atoms with E-state index in [2.05, 4.69) is 20.9 Å². The Morgan fingerprint density at radius 1 is 1.43 bits per heavy atom. The quantitative estimate of drug-likeness (QED) is 0.902. The molecule has 2 aromatic rings. The molecule has 1 fully saturated rings. The van der Waals surface area contributed by atoms with Gasteiger partial charge in [-0.3, -0.25) is 9.20 Å². The first kappa shape index (κ1) is 14.5. The average molecular weight is 352 g/mol. The van der Waals surface area contributed by atoms with Gasteiger partial charge in [-0.2, -0.15) is 0 Å². The molecule has 0 radical (unpaired) electrons. The minimum absolute atomic E-state index is 0.00403. The van der Waals surface area contributed by atoms with Crippen LogP contribution in [0.5, 0.6) is 0 Å². The molecule has 1 aliphatic heterocycles. The monoisotopic (exact) mass is 351 g/mol. The number of carbonyl (C=O) groups excluding carboxylic acids is 1. The Kier molecular flexibility index (Phi) is 3.99. The number of hydrogen-bond donors (Lipinski definition) is 1. The van der Waals surface area contributed by atoms with Gasteiger partial charge in [0, 0.05) is 23.8 Å². The Morgan fingerprint density at radius 3 is 2.81 bits per heavy atom. The molecule has 1 amide bonds. The molecule has 1 N–H and O–H groups in total. The van der Waals surface area contributed by atoms with Gasteiger partial charge in [-0.15, -0.1) is 0 Å². The van der Waals surface area contributed by atoms with E-state index in [1.165, 1.54) is 0 Å². The van der Waals surface area contributed by atoms with Crippen LogP contribution in [0, 0.1) is 0 Å². The molecular weight excluding hydrogens is 334 g/mol. The van der Waals surface area contributed by atoms with E-state index in [1.807, 2.05) is 34.6 Å². The number of fused-ring (bicyclic) bond motifs is 1. The number of imidazole rings is 1. The van der Waals surface area contributed by atoms with E-state index in [4.69, 9.17) is 0 Å². The molecule has 6 heteroatoms. The molecule has 21 heavy (non-hydrogen) atoms. The van der Waals surface area contributed by atoms with E-state index in [0.717, 1.165) is 22.2 Å². The lowest BCUT2D eigenvalue weighted by Crippen LogP contribution is -2.40. The fraction of sp³-hybridized carbons (Fsp3) is 0.467. The molecule has 1 aliphatic rings. The summed E-state index contributed by atoms with van der Waals surface area (Å²) in [5.74, 6) is 0.00403. The molecule has 3 heterocycles. The second-order valence-electron chi connectivity index (χ2n) is 5.36. The van der Waals surface area contributed by atoms with Gasteiger partial charge in [-0.25, -0.2) is 4.98 Å². The van der Waals surface area contributed by atoms with Crippen LogP contribution < -0.4 is 0 Å². The molecule has 0 atom stereocenters. The smallest absolute Gasteiger partial charge is 0.272 e. The third-order valence-corrected chi connectivity index (χ3v) is 4.41. The molecule has 0 aromatic carbocycles. The SMILES string of the molecule is CCc1nc2ccc(Br)cn2c1C(=O)N1CCC(O)CC1. The van der Waals surface area contributed by atoms with Crippen LogP contribution in [0.1, 0.15) is 35.9 Å². The lowest BCUT2D eigenvalue weighted by molar-refractivity contribution is 0.0539. The van der Waals surface area contributed by atoms with Crippen molar-refractivity contribution >= 4 is 27.5 Å². The number of amides is 1. The normalized spacial score (nSPS) is 16.6. The zero-order valence-electron chi connectivity index (χ0n) is 11.9. The van der Waals surface area contributed by atoms with Crippen LogP contribution in [-0.2, 0) is 6.42 Å². The number of aryl methyl sites for hydroxylation is 1. The van der Waals surface area contributed by atoms with Gasteiger partial charge in [0.25, 0.3) is 5.91 Å². The van der Waals surface area contributed by atoms with Crippen molar-refractivity contribution in [3.8, 4) is 0 Å². The molecule has 0 unspecified atom stereocenters. The number of nitrogens with zero attached hydrogens (tertiary/aromatic N) is 3. The Balaban J connectivity index is 2.01. The lowest BCUT2D eigenvalue weighted by Gasteiger charge is -2.29. The van der Waals surface area contributed by atoms with E-state index < -0.39 is 0 Å². The largest absolute Gasteiger partial charge is 0.393 e. The first-order valence-electron chi connectivity index (χ1n) is 7.24. The van der Waals surface area contributed by atoms with Gasteiger partial charge in [0.05, 0.1) is 11.8 Å². The van der Waals surface area contributed by atoms with Crippen molar-refractivity contribution in [3.05, 3.63) is 34.2 Å². The summed E-state index contributed by atoms with van der Waals surface area (Å²) in [4.78, 5) is 19.2. The van der Waals surface area contributed by atoms with Crippen molar-refractivity contribution in [2.75, 3.05) is 13.1 Å². The molecule has 5 nitrogen and oxygen atoms in total. The van der Waals surface area contributed by atoms with Crippen molar-refractivity contribution in [1.29, 1.82) is 0 Å². The third-order valence-electron chi connectivity index (χ3n) is 3.94. The zero-order chi connectivity index (χ0) is 15.0. The van der Waals surface area contributed by atoms with Gasteiger partial charge < -0.3 is 10.0 Å². The van der Waals surface area contributed by atoms with Crippen molar-refractivity contribution in [2.45, 2.75) is 32.3 Å². The molecule has 2 aromatic heterocycles. The van der Waals surface area contributed by atoms with Crippen LogP contribution >= 0.6 is 15.9 Å². The van der Waals surface area contributed by atoms with Gasteiger partial charge in [0.15, 0.2) is 0 Å². The summed E-state index contributed by atoms with van der Waals surface area (Å²) in [6, 6.07) is 3.83. The predicted octanol–water partition coefficient (Wildman–Crippen LogP) is 2.26. The van der Waals surface area contributed by atoms with Crippen LogP contribution in [-0.4, -0.2) is 44.5 Å². The van der Waals surface area contributed by atoms with Crippen LogP contribution in [0.4, 0.5) is 0 Å². The van der Waals surface area contributed by atoms with Gasteiger partial charge in [0.2, 0.25) is 0 Å². The highest BCUT2D eigenvalue weighted by Crippen LogP contribution is 2.21. The number of rotatable bonds is 2. The Labute approximate surface area is 131 Å². The highest BCUT2D eigenvalue weighted by Gasteiger charge is 2.26.